The summed E-state index contributed by atoms with van der Waals surface area (Å²) in [5.41, 5.74) is 2.44. The molecular formula is C19H23N5O2. The molecule has 0 spiro atoms. The molecule has 2 amide bonds. The maximum Gasteiger partial charge on any atom is 0.274 e. The van der Waals surface area contributed by atoms with E-state index >= 15 is 0 Å². The quantitative estimate of drug-likeness (QED) is 0.882. The van der Waals surface area contributed by atoms with Crippen molar-refractivity contribution in [3.8, 4) is 0 Å². The Hall–Kier alpha value is -2.96. The molecule has 7 heteroatoms. The fourth-order valence-electron chi connectivity index (χ4n) is 2.94. The van der Waals surface area contributed by atoms with Crippen LogP contribution in [0.1, 0.15) is 42.4 Å². The molecule has 0 atom stereocenters. The second-order valence-corrected chi connectivity index (χ2v) is 6.45. The maximum atomic E-state index is 12.6. The molecular weight excluding hydrogens is 330 g/mol. The summed E-state index contributed by atoms with van der Waals surface area (Å²) in [6, 6.07) is 8.64. The Bertz CT molecular complexity index is 798. The van der Waals surface area contributed by atoms with Gasteiger partial charge in [-0.2, -0.15) is 0 Å². The highest BCUT2D eigenvalue weighted by Crippen LogP contribution is 2.18. The number of hydrogen-bond acceptors (Lipinski definition) is 5. The van der Waals surface area contributed by atoms with Crippen molar-refractivity contribution in [2.45, 2.75) is 33.1 Å². The van der Waals surface area contributed by atoms with Gasteiger partial charge < -0.3 is 15.5 Å². The molecule has 1 saturated heterocycles. The topological polar surface area (TPSA) is 87.2 Å². The van der Waals surface area contributed by atoms with Crippen molar-refractivity contribution in [1.29, 1.82) is 0 Å². The minimum Gasteiger partial charge on any atom is -0.341 e. The standard InChI is InChI=1S/C19H23N5O2/c1-13-12-17(23-19(20-13)24-10-4-3-5-11-24)18(26)22-16-8-6-15(7-9-16)21-14(2)25/h6-9,12H,3-5,10-11H2,1-2H3,(H,21,25)(H,22,26). The van der Waals surface area contributed by atoms with Crippen LogP contribution in [0.15, 0.2) is 30.3 Å². The Morgan fingerprint density at radius 1 is 0.962 bits per heavy atom. The van der Waals surface area contributed by atoms with Crippen LogP contribution >= 0.6 is 0 Å². The van der Waals surface area contributed by atoms with E-state index in [2.05, 4.69) is 25.5 Å². The molecule has 1 fully saturated rings. The van der Waals surface area contributed by atoms with E-state index in [1.807, 2.05) is 6.92 Å². The molecule has 136 valence electrons. The smallest absolute Gasteiger partial charge is 0.274 e. The van der Waals surface area contributed by atoms with Gasteiger partial charge in [0.15, 0.2) is 0 Å². The van der Waals surface area contributed by atoms with Crippen LogP contribution < -0.4 is 15.5 Å². The second kappa shape index (κ2) is 7.95. The van der Waals surface area contributed by atoms with Crippen molar-refractivity contribution >= 4 is 29.1 Å². The van der Waals surface area contributed by atoms with E-state index in [4.69, 9.17) is 0 Å². The summed E-state index contributed by atoms with van der Waals surface area (Å²) in [6.07, 6.45) is 3.48. The highest BCUT2D eigenvalue weighted by atomic mass is 16.2. The maximum absolute atomic E-state index is 12.6. The van der Waals surface area contributed by atoms with Gasteiger partial charge >= 0.3 is 0 Å². The van der Waals surface area contributed by atoms with Crippen molar-refractivity contribution in [2.75, 3.05) is 28.6 Å². The van der Waals surface area contributed by atoms with Gasteiger partial charge in [-0.3, -0.25) is 9.59 Å². The number of aryl methyl sites for hydroxylation is 1. The Labute approximate surface area is 152 Å². The van der Waals surface area contributed by atoms with E-state index in [-0.39, 0.29) is 11.8 Å². The third kappa shape index (κ3) is 4.56. The van der Waals surface area contributed by atoms with E-state index in [1.54, 1.807) is 30.3 Å². The molecule has 3 rings (SSSR count). The molecule has 0 aliphatic carbocycles. The number of carbonyl (C=O) groups is 2. The van der Waals surface area contributed by atoms with Crippen molar-refractivity contribution in [3.05, 3.63) is 41.7 Å². The molecule has 2 N–H and O–H groups in total. The summed E-state index contributed by atoms with van der Waals surface area (Å²) < 4.78 is 0. The Morgan fingerprint density at radius 2 is 1.58 bits per heavy atom. The van der Waals surface area contributed by atoms with Crippen LogP contribution in [0, 0.1) is 6.92 Å². The Morgan fingerprint density at radius 3 is 2.19 bits per heavy atom. The van der Waals surface area contributed by atoms with Crippen LogP contribution in [0.2, 0.25) is 0 Å². The van der Waals surface area contributed by atoms with Crippen LogP contribution in [0.5, 0.6) is 0 Å². The number of benzene rings is 1. The first-order valence-corrected chi connectivity index (χ1v) is 8.81. The van der Waals surface area contributed by atoms with Crippen molar-refractivity contribution < 1.29 is 9.59 Å². The third-order valence-corrected chi connectivity index (χ3v) is 4.18. The molecule has 1 aromatic carbocycles. The molecule has 1 aliphatic heterocycles. The average Bonchev–Trinajstić information content (AvgIpc) is 2.63. The van der Waals surface area contributed by atoms with E-state index in [0.717, 1.165) is 31.6 Å². The van der Waals surface area contributed by atoms with E-state index in [1.165, 1.54) is 13.3 Å². The van der Waals surface area contributed by atoms with E-state index in [9.17, 15) is 9.59 Å². The first kappa shape index (κ1) is 17.8. The zero-order valence-corrected chi connectivity index (χ0v) is 15.1. The van der Waals surface area contributed by atoms with Gasteiger partial charge in [0.2, 0.25) is 11.9 Å². The first-order valence-electron chi connectivity index (χ1n) is 8.81. The SMILES string of the molecule is CC(=O)Nc1ccc(NC(=O)c2cc(C)nc(N3CCCCC3)n2)cc1. The van der Waals surface area contributed by atoms with E-state index in [0.29, 0.717) is 23.0 Å². The van der Waals surface area contributed by atoms with Gasteiger partial charge in [-0.15, -0.1) is 0 Å². The lowest BCUT2D eigenvalue weighted by molar-refractivity contribution is -0.114. The Kier molecular flexibility index (Phi) is 5.46. The molecule has 0 saturated carbocycles. The normalized spacial score (nSPS) is 14.0. The summed E-state index contributed by atoms with van der Waals surface area (Å²) >= 11 is 0. The van der Waals surface area contributed by atoms with Crippen LogP contribution in [0.4, 0.5) is 17.3 Å². The van der Waals surface area contributed by atoms with Gasteiger partial charge in [-0.1, -0.05) is 0 Å². The Balaban J connectivity index is 1.72. The number of nitrogens with zero attached hydrogens (tertiary/aromatic N) is 3. The molecule has 1 aromatic heterocycles. The number of hydrogen-bond donors (Lipinski definition) is 2. The number of anilines is 3. The van der Waals surface area contributed by atoms with Gasteiger partial charge in [0.25, 0.3) is 5.91 Å². The number of rotatable bonds is 4. The number of aromatic nitrogens is 2. The van der Waals surface area contributed by atoms with Crippen molar-refractivity contribution in [1.82, 2.24) is 9.97 Å². The largest absolute Gasteiger partial charge is 0.341 e. The fourth-order valence-corrected chi connectivity index (χ4v) is 2.94. The second-order valence-electron chi connectivity index (χ2n) is 6.45. The lowest BCUT2D eigenvalue weighted by Crippen LogP contribution is -2.31. The lowest BCUT2D eigenvalue weighted by atomic mass is 10.1. The molecule has 2 heterocycles. The predicted octanol–water partition coefficient (Wildman–Crippen LogP) is 2.99. The van der Waals surface area contributed by atoms with Gasteiger partial charge in [-0.25, -0.2) is 9.97 Å². The highest BCUT2D eigenvalue weighted by Gasteiger charge is 2.17. The first-order chi connectivity index (χ1) is 12.5. The summed E-state index contributed by atoms with van der Waals surface area (Å²) in [5.74, 6) is 0.209. The van der Waals surface area contributed by atoms with E-state index < -0.39 is 0 Å². The monoisotopic (exact) mass is 353 g/mol. The van der Waals surface area contributed by atoms with Crippen LogP contribution in [-0.4, -0.2) is 34.9 Å². The van der Waals surface area contributed by atoms with Crippen LogP contribution in [0.25, 0.3) is 0 Å². The summed E-state index contributed by atoms with van der Waals surface area (Å²) in [4.78, 5) is 34.7. The third-order valence-electron chi connectivity index (χ3n) is 4.18. The molecule has 2 aromatic rings. The molecule has 0 unspecified atom stereocenters. The molecule has 0 radical (unpaired) electrons. The number of piperidine rings is 1. The number of nitrogens with one attached hydrogen (secondary N) is 2. The van der Waals surface area contributed by atoms with Gasteiger partial charge in [-0.05, 0) is 56.5 Å². The minimum atomic E-state index is -0.277. The zero-order valence-electron chi connectivity index (χ0n) is 15.1. The summed E-state index contributed by atoms with van der Waals surface area (Å²) in [5, 5.41) is 5.53. The van der Waals surface area contributed by atoms with Gasteiger partial charge in [0.1, 0.15) is 5.69 Å². The highest BCUT2D eigenvalue weighted by molar-refractivity contribution is 6.03. The fraction of sp³-hybridized carbons (Fsp3) is 0.368. The van der Waals surface area contributed by atoms with Gasteiger partial charge in [0, 0.05) is 37.1 Å². The molecule has 7 nitrogen and oxygen atoms in total. The molecule has 1 aliphatic rings. The number of carbonyl (C=O) groups excluding carboxylic acids is 2. The molecule has 26 heavy (non-hydrogen) atoms. The molecule has 0 bridgehead atoms. The lowest BCUT2D eigenvalue weighted by Gasteiger charge is -2.27. The average molecular weight is 353 g/mol. The predicted molar refractivity (Wildman–Crippen MR) is 102 cm³/mol. The van der Waals surface area contributed by atoms with Crippen molar-refractivity contribution in [3.63, 3.8) is 0 Å². The number of amides is 2. The minimum absolute atomic E-state index is 0.136. The summed E-state index contributed by atoms with van der Waals surface area (Å²) in [6.45, 7) is 5.17. The van der Waals surface area contributed by atoms with Crippen LogP contribution in [0.3, 0.4) is 0 Å². The van der Waals surface area contributed by atoms with Crippen molar-refractivity contribution in [2.24, 2.45) is 0 Å². The van der Waals surface area contributed by atoms with Crippen LogP contribution in [-0.2, 0) is 4.79 Å². The summed E-state index contributed by atoms with van der Waals surface area (Å²) in [7, 11) is 0. The van der Waals surface area contributed by atoms with Gasteiger partial charge in [0.05, 0.1) is 0 Å². The zero-order chi connectivity index (χ0) is 18.5.